The number of ether oxygens (including phenoxy) is 1. The Morgan fingerprint density at radius 3 is 1.95 bits per heavy atom. The number of rotatable bonds is 16. The number of aliphatic carboxylic acids is 2. The molecule has 0 aliphatic rings. The van der Waals surface area contributed by atoms with E-state index >= 15 is 0 Å². The van der Waals surface area contributed by atoms with Crippen LogP contribution < -0.4 is 10.6 Å². The topological polar surface area (TPSA) is 142 Å². The van der Waals surface area contributed by atoms with Crippen molar-refractivity contribution in [1.82, 2.24) is 10.6 Å². The molecule has 0 aliphatic heterocycles. The van der Waals surface area contributed by atoms with Gasteiger partial charge in [0.05, 0.1) is 6.42 Å². The molecule has 10 heteroatoms. The van der Waals surface area contributed by atoms with Gasteiger partial charge in [0.15, 0.2) is 0 Å². The van der Waals surface area contributed by atoms with Crippen LogP contribution in [0.5, 0.6) is 0 Å². The zero-order valence-corrected chi connectivity index (χ0v) is 24.0. The Balaban J connectivity index is 4.78. The molecule has 9 nitrogen and oxygen atoms in total. The van der Waals surface area contributed by atoms with E-state index < -0.39 is 48.0 Å². The maximum absolute atomic E-state index is 12.6. The highest BCUT2D eigenvalue weighted by Crippen LogP contribution is 2.13. The molecule has 4 N–H and O–H groups in total. The fraction of sp³-hybridized carbons (Fsp3) is 0.630. The van der Waals surface area contributed by atoms with Gasteiger partial charge < -0.3 is 25.6 Å². The number of hydrogen-bond acceptors (Lipinski definition) is 6. The molecule has 2 atom stereocenters. The van der Waals surface area contributed by atoms with Crippen molar-refractivity contribution in [2.45, 2.75) is 98.3 Å². The van der Waals surface area contributed by atoms with Crippen LogP contribution in [0.4, 0.5) is 4.79 Å². The van der Waals surface area contributed by atoms with Crippen LogP contribution in [0.15, 0.2) is 34.9 Å². The van der Waals surface area contributed by atoms with Crippen LogP contribution in [0.25, 0.3) is 0 Å². The second kappa shape index (κ2) is 17.7. The summed E-state index contributed by atoms with van der Waals surface area (Å²) in [6.07, 6.45) is 8.79. The van der Waals surface area contributed by atoms with Crippen LogP contribution >= 0.6 is 11.8 Å². The number of alkyl carbamates (subject to hydrolysis) is 1. The van der Waals surface area contributed by atoms with Gasteiger partial charge in [0.2, 0.25) is 5.91 Å². The number of amides is 2. The van der Waals surface area contributed by atoms with Crippen molar-refractivity contribution < 1.29 is 34.1 Å². The molecule has 210 valence electrons. The molecule has 0 fully saturated rings. The Bertz CT molecular complexity index is 868. The lowest BCUT2D eigenvalue weighted by molar-refractivity contribution is -0.142. The van der Waals surface area contributed by atoms with Gasteiger partial charge in [-0.1, -0.05) is 34.9 Å². The largest absolute Gasteiger partial charge is 0.481 e. The fourth-order valence-electron chi connectivity index (χ4n) is 3.01. The van der Waals surface area contributed by atoms with Gasteiger partial charge in [0.25, 0.3) is 0 Å². The first kappa shape index (κ1) is 34.2. The van der Waals surface area contributed by atoms with Crippen molar-refractivity contribution in [3.05, 3.63) is 34.9 Å². The Morgan fingerprint density at radius 2 is 1.43 bits per heavy atom. The standard InChI is InChI=1S/C27H44N2O7S/c1-18(2)10-8-11-19(3)12-9-13-20(4)14-15-37-17-22(25(33)34)28-24(32)21(16-23(30)31)29-26(35)36-27(5,6)7/h10,12,14,21-22H,8-9,11,13,15-17H2,1-7H3,(H,28,32)(H,29,35)(H,30,31)(H,33,34). The van der Waals surface area contributed by atoms with Gasteiger partial charge in [-0.2, -0.15) is 11.8 Å². The number of carboxylic acid groups (broad SMARTS) is 2. The molecule has 0 aliphatic carbocycles. The summed E-state index contributed by atoms with van der Waals surface area (Å²) in [6.45, 7) is 13.2. The molecule has 0 saturated carbocycles. The van der Waals surface area contributed by atoms with Gasteiger partial charge in [0.1, 0.15) is 17.7 Å². The molecule has 37 heavy (non-hydrogen) atoms. The zero-order chi connectivity index (χ0) is 28.6. The van der Waals surface area contributed by atoms with Crippen molar-refractivity contribution >= 4 is 35.7 Å². The third kappa shape index (κ3) is 19.1. The first-order valence-electron chi connectivity index (χ1n) is 12.4. The van der Waals surface area contributed by atoms with Gasteiger partial charge in [-0.25, -0.2) is 9.59 Å². The second-order valence-corrected chi connectivity index (χ2v) is 11.3. The summed E-state index contributed by atoms with van der Waals surface area (Å²) in [5.41, 5.74) is 3.04. The number of thioether (sulfide) groups is 1. The summed E-state index contributed by atoms with van der Waals surface area (Å²) in [5, 5.41) is 23.1. The highest BCUT2D eigenvalue weighted by atomic mass is 32.2. The molecule has 2 unspecified atom stereocenters. The van der Waals surface area contributed by atoms with Crippen LogP contribution in [0.1, 0.15) is 80.6 Å². The number of hydrogen-bond donors (Lipinski definition) is 4. The number of carbonyl (C=O) groups is 4. The van der Waals surface area contributed by atoms with E-state index in [1.165, 1.54) is 28.5 Å². The van der Waals surface area contributed by atoms with Gasteiger partial charge in [-0.3, -0.25) is 9.59 Å². The van der Waals surface area contributed by atoms with Crippen molar-refractivity contribution in [2.75, 3.05) is 11.5 Å². The summed E-state index contributed by atoms with van der Waals surface area (Å²) < 4.78 is 5.07. The third-order valence-electron chi connectivity index (χ3n) is 4.96. The summed E-state index contributed by atoms with van der Waals surface area (Å²) in [6, 6.07) is -2.71. The summed E-state index contributed by atoms with van der Waals surface area (Å²) in [7, 11) is 0. The van der Waals surface area contributed by atoms with Gasteiger partial charge >= 0.3 is 18.0 Å². The lowest BCUT2D eigenvalue weighted by atomic mass is 10.1. The summed E-state index contributed by atoms with van der Waals surface area (Å²) >= 11 is 1.34. The van der Waals surface area contributed by atoms with Crippen molar-refractivity contribution in [3.8, 4) is 0 Å². The van der Waals surface area contributed by atoms with Crippen LogP contribution in [0, 0.1) is 0 Å². The molecule has 0 rings (SSSR count). The van der Waals surface area contributed by atoms with E-state index in [-0.39, 0.29) is 5.75 Å². The number of nitrogens with one attached hydrogen (secondary N) is 2. The van der Waals surface area contributed by atoms with Gasteiger partial charge in [-0.15, -0.1) is 0 Å². The minimum absolute atomic E-state index is 0.0838. The summed E-state index contributed by atoms with van der Waals surface area (Å²) in [4.78, 5) is 47.4. The molecule has 0 aromatic rings. The van der Waals surface area contributed by atoms with E-state index in [0.717, 1.165) is 25.7 Å². The molecule has 0 bridgehead atoms. The Hall–Kier alpha value is -2.75. The summed E-state index contributed by atoms with van der Waals surface area (Å²) in [5.74, 6) is -2.82. The number of allylic oxidation sites excluding steroid dienone is 5. The quantitative estimate of drug-likeness (QED) is 0.157. The maximum atomic E-state index is 12.6. The van der Waals surface area contributed by atoms with Crippen LogP contribution in [0.2, 0.25) is 0 Å². The molecule has 0 aromatic carbocycles. The zero-order valence-electron chi connectivity index (χ0n) is 23.2. The Kier molecular flexibility index (Phi) is 16.3. The first-order chi connectivity index (χ1) is 17.1. The predicted molar refractivity (Wildman–Crippen MR) is 148 cm³/mol. The van der Waals surface area contributed by atoms with Crippen LogP contribution in [0.3, 0.4) is 0 Å². The van der Waals surface area contributed by atoms with E-state index in [2.05, 4.69) is 43.6 Å². The fourth-order valence-corrected chi connectivity index (χ4v) is 4.01. The van der Waals surface area contributed by atoms with Gasteiger partial charge in [-0.05, 0) is 74.1 Å². The molecule has 0 saturated heterocycles. The predicted octanol–water partition coefficient (Wildman–Crippen LogP) is 5.08. The lowest BCUT2D eigenvalue weighted by Crippen LogP contribution is -2.53. The molecule has 0 heterocycles. The minimum Gasteiger partial charge on any atom is -0.481 e. The number of carbonyl (C=O) groups excluding carboxylic acids is 2. The second-order valence-electron chi connectivity index (χ2n) is 10.2. The van der Waals surface area contributed by atoms with Crippen LogP contribution in [-0.4, -0.2) is 63.3 Å². The van der Waals surface area contributed by atoms with E-state index in [1.54, 1.807) is 20.8 Å². The lowest BCUT2D eigenvalue weighted by Gasteiger charge is -2.23. The Labute approximate surface area is 225 Å². The molecular formula is C27H44N2O7S. The average Bonchev–Trinajstić information content (AvgIpc) is 2.73. The molecule has 0 spiro atoms. The molecular weight excluding hydrogens is 496 g/mol. The third-order valence-corrected chi connectivity index (χ3v) is 5.93. The highest BCUT2D eigenvalue weighted by Gasteiger charge is 2.29. The minimum atomic E-state index is -1.47. The van der Waals surface area contributed by atoms with Crippen molar-refractivity contribution in [3.63, 3.8) is 0 Å². The SMILES string of the molecule is CC(C)=CCCC(C)=CCCC(C)=CCSCC(NC(=O)C(CC(=O)O)NC(=O)OC(C)(C)C)C(=O)O. The highest BCUT2D eigenvalue weighted by molar-refractivity contribution is 7.99. The van der Waals surface area contributed by atoms with E-state index in [1.807, 2.05) is 13.0 Å². The average molecular weight is 541 g/mol. The van der Waals surface area contributed by atoms with E-state index in [0.29, 0.717) is 5.75 Å². The van der Waals surface area contributed by atoms with E-state index in [4.69, 9.17) is 9.84 Å². The molecule has 2 amide bonds. The van der Waals surface area contributed by atoms with Crippen molar-refractivity contribution in [1.29, 1.82) is 0 Å². The molecule has 0 radical (unpaired) electrons. The van der Waals surface area contributed by atoms with E-state index in [9.17, 15) is 24.3 Å². The first-order valence-corrected chi connectivity index (χ1v) is 13.5. The maximum Gasteiger partial charge on any atom is 0.408 e. The number of carboxylic acids is 2. The molecule has 0 aromatic heterocycles. The van der Waals surface area contributed by atoms with Crippen LogP contribution in [-0.2, 0) is 19.1 Å². The Morgan fingerprint density at radius 1 is 0.865 bits per heavy atom. The monoisotopic (exact) mass is 540 g/mol. The normalized spacial score (nSPS) is 13.8. The van der Waals surface area contributed by atoms with Gasteiger partial charge in [0, 0.05) is 11.5 Å². The van der Waals surface area contributed by atoms with Crippen molar-refractivity contribution in [2.24, 2.45) is 0 Å². The smallest absolute Gasteiger partial charge is 0.408 e.